The Morgan fingerprint density at radius 3 is 2.61 bits per heavy atom. The van der Waals surface area contributed by atoms with Gasteiger partial charge in [-0.25, -0.2) is 4.39 Å². The van der Waals surface area contributed by atoms with Gasteiger partial charge in [-0.2, -0.15) is 0 Å². The minimum atomic E-state index is -0.313. The average Bonchev–Trinajstić information content (AvgIpc) is 2.44. The van der Waals surface area contributed by atoms with Gasteiger partial charge in [0.25, 0.3) is 0 Å². The lowest BCUT2D eigenvalue weighted by Crippen LogP contribution is -2.58. The highest BCUT2D eigenvalue weighted by Gasteiger charge is 2.33. The molecule has 2 atom stereocenters. The van der Waals surface area contributed by atoms with Crippen molar-refractivity contribution >= 4 is 5.91 Å². The second-order valence-corrected chi connectivity index (χ2v) is 7.06. The number of morpholine rings is 1. The first-order chi connectivity index (χ1) is 10.8. The molecule has 1 saturated heterocycles. The summed E-state index contributed by atoms with van der Waals surface area (Å²) < 4.78 is 18.9. The third-order valence-corrected chi connectivity index (χ3v) is 4.25. The van der Waals surface area contributed by atoms with Gasteiger partial charge < -0.3 is 10.1 Å². The molecule has 1 N–H and O–H groups in total. The fourth-order valence-electron chi connectivity index (χ4n) is 2.99. The van der Waals surface area contributed by atoms with Crippen LogP contribution in [0.15, 0.2) is 24.3 Å². The van der Waals surface area contributed by atoms with Gasteiger partial charge in [0.2, 0.25) is 5.91 Å². The van der Waals surface area contributed by atoms with Crippen molar-refractivity contribution in [2.24, 2.45) is 0 Å². The van der Waals surface area contributed by atoms with E-state index in [1.54, 1.807) is 12.1 Å². The van der Waals surface area contributed by atoms with Crippen LogP contribution in [0, 0.1) is 5.82 Å². The Hall–Kier alpha value is -1.46. The lowest BCUT2D eigenvalue weighted by atomic mass is 10.00. The standard InChI is InChI=1S/C18H27FN2O2/c1-13-10-21(11-14(2)23-13)18(3,4)12-20-17(22)9-15-6-5-7-16(19)8-15/h5-8,13-14H,9-12H2,1-4H3,(H,20,22)/t13-,14-/m1/s1. The molecule has 0 bridgehead atoms. The summed E-state index contributed by atoms with van der Waals surface area (Å²) in [6, 6.07) is 6.17. The van der Waals surface area contributed by atoms with Crippen LogP contribution in [0.4, 0.5) is 4.39 Å². The molecule has 1 aliphatic rings. The SMILES string of the molecule is C[C@@H]1CN(C(C)(C)CNC(=O)Cc2cccc(F)c2)C[C@@H](C)O1. The Morgan fingerprint density at radius 1 is 1.35 bits per heavy atom. The molecule has 5 heteroatoms. The zero-order valence-corrected chi connectivity index (χ0v) is 14.4. The van der Waals surface area contributed by atoms with Crippen LogP contribution < -0.4 is 5.32 Å². The lowest BCUT2D eigenvalue weighted by Gasteiger charge is -2.45. The van der Waals surface area contributed by atoms with Gasteiger partial charge in [-0.05, 0) is 45.4 Å². The van der Waals surface area contributed by atoms with Crippen molar-refractivity contribution in [3.8, 4) is 0 Å². The number of rotatable bonds is 5. The van der Waals surface area contributed by atoms with E-state index in [2.05, 4.69) is 37.9 Å². The molecule has 1 amide bonds. The monoisotopic (exact) mass is 322 g/mol. The normalized spacial score (nSPS) is 22.8. The molecule has 1 fully saturated rings. The second-order valence-electron chi connectivity index (χ2n) is 7.06. The molecule has 0 radical (unpaired) electrons. The molecule has 0 saturated carbocycles. The molecule has 23 heavy (non-hydrogen) atoms. The quantitative estimate of drug-likeness (QED) is 0.905. The Morgan fingerprint density at radius 2 is 2.00 bits per heavy atom. The smallest absolute Gasteiger partial charge is 0.224 e. The fourth-order valence-corrected chi connectivity index (χ4v) is 2.99. The molecule has 128 valence electrons. The number of amides is 1. The largest absolute Gasteiger partial charge is 0.373 e. The average molecular weight is 322 g/mol. The first kappa shape index (κ1) is 17.9. The summed E-state index contributed by atoms with van der Waals surface area (Å²) in [4.78, 5) is 14.5. The molecule has 0 aromatic heterocycles. The first-order valence-electron chi connectivity index (χ1n) is 8.18. The van der Waals surface area contributed by atoms with E-state index in [4.69, 9.17) is 4.74 Å². The number of hydrogen-bond donors (Lipinski definition) is 1. The minimum Gasteiger partial charge on any atom is -0.373 e. The van der Waals surface area contributed by atoms with Crippen LogP contribution in [0.3, 0.4) is 0 Å². The van der Waals surface area contributed by atoms with Crippen molar-refractivity contribution in [1.82, 2.24) is 10.2 Å². The Balaban J connectivity index is 1.87. The van der Waals surface area contributed by atoms with Crippen LogP contribution in [-0.4, -0.2) is 48.2 Å². The number of carbonyl (C=O) groups excluding carboxylic acids is 1. The number of halogens is 1. The lowest BCUT2D eigenvalue weighted by molar-refractivity contribution is -0.122. The summed E-state index contributed by atoms with van der Waals surface area (Å²) in [5, 5.41) is 2.97. The number of ether oxygens (including phenoxy) is 1. The number of nitrogens with one attached hydrogen (secondary N) is 1. The highest BCUT2D eigenvalue weighted by Crippen LogP contribution is 2.20. The van der Waals surface area contributed by atoms with Crippen molar-refractivity contribution in [1.29, 1.82) is 0 Å². The van der Waals surface area contributed by atoms with E-state index < -0.39 is 0 Å². The van der Waals surface area contributed by atoms with Crippen molar-refractivity contribution in [3.05, 3.63) is 35.6 Å². The Kier molecular flexibility index (Phi) is 5.76. The van der Waals surface area contributed by atoms with E-state index >= 15 is 0 Å². The predicted molar refractivity (Wildman–Crippen MR) is 88.8 cm³/mol. The maximum absolute atomic E-state index is 13.2. The third-order valence-electron chi connectivity index (χ3n) is 4.25. The van der Waals surface area contributed by atoms with E-state index in [1.165, 1.54) is 12.1 Å². The summed E-state index contributed by atoms with van der Waals surface area (Å²) in [5.74, 6) is -0.398. The van der Waals surface area contributed by atoms with Crippen LogP contribution in [0.1, 0.15) is 33.3 Å². The molecule has 1 aliphatic heterocycles. The van der Waals surface area contributed by atoms with Gasteiger partial charge in [0.1, 0.15) is 5.82 Å². The molecule has 1 heterocycles. The maximum atomic E-state index is 13.2. The summed E-state index contributed by atoms with van der Waals surface area (Å²) >= 11 is 0. The van der Waals surface area contributed by atoms with Crippen molar-refractivity contribution in [2.75, 3.05) is 19.6 Å². The van der Waals surface area contributed by atoms with Crippen molar-refractivity contribution in [3.63, 3.8) is 0 Å². The Labute approximate surface area is 138 Å². The highest BCUT2D eigenvalue weighted by atomic mass is 19.1. The first-order valence-corrected chi connectivity index (χ1v) is 8.18. The summed E-state index contributed by atoms with van der Waals surface area (Å²) in [7, 11) is 0. The van der Waals surface area contributed by atoms with Gasteiger partial charge in [-0.15, -0.1) is 0 Å². The van der Waals surface area contributed by atoms with Gasteiger partial charge in [0, 0.05) is 25.2 Å². The number of nitrogens with zero attached hydrogens (tertiary/aromatic N) is 1. The van der Waals surface area contributed by atoms with Crippen molar-refractivity contribution < 1.29 is 13.9 Å². The van der Waals surface area contributed by atoms with Gasteiger partial charge >= 0.3 is 0 Å². The summed E-state index contributed by atoms with van der Waals surface area (Å²) in [5.41, 5.74) is 0.540. The van der Waals surface area contributed by atoms with Crippen LogP contribution in [0.5, 0.6) is 0 Å². The van der Waals surface area contributed by atoms with Gasteiger partial charge in [0.15, 0.2) is 0 Å². The fraction of sp³-hybridized carbons (Fsp3) is 0.611. The van der Waals surface area contributed by atoms with Crippen LogP contribution >= 0.6 is 0 Å². The molecular formula is C18H27FN2O2. The highest BCUT2D eigenvalue weighted by molar-refractivity contribution is 5.78. The Bertz CT molecular complexity index is 538. The minimum absolute atomic E-state index is 0.0852. The molecule has 0 aliphatic carbocycles. The molecule has 1 aromatic carbocycles. The zero-order valence-electron chi connectivity index (χ0n) is 14.4. The molecule has 0 spiro atoms. The molecule has 4 nitrogen and oxygen atoms in total. The molecule has 0 unspecified atom stereocenters. The van der Waals surface area contributed by atoms with Gasteiger partial charge in [-0.1, -0.05) is 12.1 Å². The predicted octanol–water partition coefficient (Wildman–Crippen LogP) is 2.37. The molecular weight excluding hydrogens is 295 g/mol. The van der Waals surface area contributed by atoms with Crippen molar-refractivity contribution in [2.45, 2.75) is 51.9 Å². The topological polar surface area (TPSA) is 41.6 Å². The zero-order chi connectivity index (χ0) is 17.0. The van der Waals surface area contributed by atoms with E-state index in [0.29, 0.717) is 12.1 Å². The molecule has 1 aromatic rings. The number of hydrogen-bond acceptors (Lipinski definition) is 3. The van der Waals surface area contributed by atoms with E-state index in [0.717, 1.165) is 13.1 Å². The van der Waals surface area contributed by atoms with Crippen LogP contribution in [-0.2, 0) is 16.0 Å². The summed E-state index contributed by atoms with van der Waals surface area (Å²) in [6.45, 7) is 10.7. The van der Waals surface area contributed by atoms with Crippen LogP contribution in [0.25, 0.3) is 0 Å². The second kappa shape index (κ2) is 7.41. The summed E-state index contributed by atoms with van der Waals surface area (Å²) in [6.07, 6.45) is 0.589. The number of benzene rings is 1. The number of carbonyl (C=O) groups is 1. The van der Waals surface area contributed by atoms with E-state index in [1.807, 2.05) is 0 Å². The molecule has 2 rings (SSSR count). The van der Waals surface area contributed by atoms with E-state index in [-0.39, 0.29) is 35.9 Å². The van der Waals surface area contributed by atoms with Crippen LogP contribution in [0.2, 0.25) is 0 Å². The van der Waals surface area contributed by atoms with E-state index in [9.17, 15) is 9.18 Å². The van der Waals surface area contributed by atoms with Gasteiger partial charge in [-0.3, -0.25) is 9.69 Å². The van der Waals surface area contributed by atoms with Gasteiger partial charge in [0.05, 0.1) is 18.6 Å². The maximum Gasteiger partial charge on any atom is 0.224 e. The third kappa shape index (κ3) is 5.29.